The molecule has 0 aliphatic carbocycles. The lowest BCUT2D eigenvalue weighted by atomic mass is 10.0. The van der Waals surface area contributed by atoms with E-state index in [9.17, 15) is 9.59 Å². The number of halogens is 1. The van der Waals surface area contributed by atoms with Crippen LogP contribution in [0.1, 0.15) is 43.4 Å². The second-order valence-corrected chi connectivity index (χ2v) is 9.80. The summed E-state index contributed by atoms with van der Waals surface area (Å²) in [5.74, 6) is 1.15. The van der Waals surface area contributed by atoms with E-state index < -0.39 is 6.04 Å². The molecule has 0 fully saturated rings. The lowest BCUT2D eigenvalue weighted by Crippen LogP contribution is -2.52. The van der Waals surface area contributed by atoms with E-state index in [1.165, 1.54) is 0 Å². The number of carbonyl (C=O) groups excluding carboxylic acids is 2. The fourth-order valence-electron chi connectivity index (χ4n) is 4.32. The highest BCUT2D eigenvalue weighted by molar-refractivity contribution is 6.30. The van der Waals surface area contributed by atoms with E-state index in [-0.39, 0.29) is 37.6 Å². The third-order valence-electron chi connectivity index (χ3n) is 6.58. The standard InChI is InChI=1S/C30H33ClN2O4/c1-3-21(2)32-30(35)26(17-22-8-5-4-6-9-22)33(19-24-10-7-11-25(31)16-24)29(34)15-13-23-12-14-27-28(18-23)37-20-36-27/h4-12,14,16,18,21,26H,3,13,15,17,19-20H2,1-2H3,(H,32,35)/t21-,26-/m1/s1. The Hall–Kier alpha value is -3.51. The van der Waals surface area contributed by atoms with Crippen molar-refractivity contribution in [3.8, 4) is 11.5 Å². The third kappa shape index (κ3) is 7.26. The molecule has 1 aliphatic heterocycles. The molecule has 7 heteroatoms. The van der Waals surface area contributed by atoms with Gasteiger partial charge in [0.05, 0.1) is 0 Å². The van der Waals surface area contributed by atoms with Gasteiger partial charge in [0.25, 0.3) is 0 Å². The van der Waals surface area contributed by atoms with Crippen molar-refractivity contribution >= 4 is 23.4 Å². The zero-order valence-corrected chi connectivity index (χ0v) is 22.0. The van der Waals surface area contributed by atoms with Crippen LogP contribution in [0.3, 0.4) is 0 Å². The topological polar surface area (TPSA) is 67.9 Å². The van der Waals surface area contributed by atoms with Gasteiger partial charge >= 0.3 is 0 Å². The smallest absolute Gasteiger partial charge is 0.243 e. The largest absolute Gasteiger partial charge is 0.454 e. The molecule has 3 aromatic carbocycles. The van der Waals surface area contributed by atoms with Gasteiger partial charge < -0.3 is 19.7 Å². The zero-order chi connectivity index (χ0) is 26.2. The van der Waals surface area contributed by atoms with Gasteiger partial charge in [0.15, 0.2) is 11.5 Å². The minimum absolute atomic E-state index is 0.00234. The normalized spacial score (nSPS) is 13.6. The molecule has 1 N–H and O–H groups in total. The lowest BCUT2D eigenvalue weighted by Gasteiger charge is -2.32. The fraction of sp³-hybridized carbons (Fsp3) is 0.333. The molecule has 0 bridgehead atoms. The maximum absolute atomic E-state index is 13.8. The molecule has 1 heterocycles. The SMILES string of the molecule is CC[C@@H](C)NC(=O)[C@@H](Cc1ccccc1)N(Cc1cccc(Cl)c1)C(=O)CCc1ccc2c(c1)OCO2. The van der Waals surface area contributed by atoms with Crippen molar-refractivity contribution in [1.29, 1.82) is 0 Å². The number of hydrogen-bond acceptors (Lipinski definition) is 4. The summed E-state index contributed by atoms with van der Waals surface area (Å²) in [5.41, 5.74) is 2.84. The van der Waals surface area contributed by atoms with Crippen LogP contribution >= 0.6 is 11.6 Å². The molecule has 1 aliphatic rings. The molecule has 37 heavy (non-hydrogen) atoms. The minimum Gasteiger partial charge on any atom is -0.454 e. The molecule has 4 rings (SSSR count). The first-order valence-corrected chi connectivity index (χ1v) is 13.1. The molecule has 2 atom stereocenters. The maximum atomic E-state index is 13.8. The molecule has 0 saturated carbocycles. The van der Waals surface area contributed by atoms with E-state index in [2.05, 4.69) is 5.32 Å². The molecular weight excluding hydrogens is 488 g/mol. The van der Waals surface area contributed by atoms with Crippen molar-refractivity contribution in [2.75, 3.05) is 6.79 Å². The van der Waals surface area contributed by atoms with Gasteiger partial charge in [-0.3, -0.25) is 9.59 Å². The quantitative estimate of drug-likeness (QED) is 0.359. The van der Waals surface area contributed by atoms with Gasteiger partial charge in [-0.05, 0) is 60.7 Å². The summed E-state index contributed by atoms with van der Waals surface area (Å²) in [6, 6.07) is 22.3. The Morgan fingerprint density at radius 2 is 1.70 bits per heavy atom. The van der Waals surface area contributed by atoms with E-state index in [1.807, 2.05) is 80.6 Å². The van der Waals surface area contributed by atoms with Crippen molar-refractivity contribution in [3.63, 3.8) is 0 Å². The molecule has 3 aromatic rings. The van der Waals surface area contributed by atoms with Gasteiger partial charge in [-0.2, -0.15) is 0 Å². The van der Waals surface area contributed by atoms with Crippen LogP contribution in [0.25, 0.3) is 0 Å². The van der Waals surface area contributed by atoms with Crippen molar-refractivity contribution < 1.29 is 19.1 Å². The summed E-state index contributed by atoms with van der Waals surface area (Å²) < 4.78 is 10.9. The van der Waals surface area contributed by atoms with E-state index in [0.29, 0.717) is 29.4 Å². The number of hydrogen-bond donors (Lipinski definition) is 1. The summed E-state index contributed by atoms with van der Waals surface area (Å²) in [4.78, 5) is 29.0. The van der Waals surface area contributed by atoms with E-state index in [4.69, 9.17) is 21.1 Å². The summed E-state index contributed by atoms with van der Waals surface area (Å²) in [5, 5.41) is 3.69. The highest BCUT2D eigenvalue weighted by Gasteiger charge is 2.31. The second kappa shape index (κ2) is 12.6. The Bertz CT molecular complexity index is 1220. The number of nitrogens with zero attached hydrogens (tertiary/aromatic N) is 1. The van der Waals surface area contributed by atoms with Crippen LogP contribution in [0, 0.1) is 0 Å². The maximum Gasteiger partial charge on any atom is 0.243 e. The summed E-state index contributed by atoms with van der Waals surface area (Å²) in [6.07, 6.45) is 1.99. The first kappa shape index (κ1) is 26.6. The second-order valence-electron chi connectivity index (χ2n) is 9.36. The highest BCUT2D eigenvalue weighted by atomic mass is 35.5. The Morgan fingerprint density at radius 1 is 0.946 bits per heavy atom. The van der Waals surface area contributed by atoms with Gasteiger partial charge in [-0.15, -0.1) is 0 Å². The van der Waals surface area contributed by atoms with E-state index in [0.717, 1.165) is 23.1 Å². The fourth-order valence-corrected chi connectivity index (χ4v) is 4.53. The number of carbonyl (C=O) groups is 2. The molecule has 0 saturated heterocycles. The predicted octanol–water partition coefficient (Wildman–Crippen LogP) is 5.56. The number of nitrogens with one attached hydrogen (secondary N) is 1. The van der Waals surface area contributed by atoms with Gasteiger partial charge in [0.2, 0.25) is 18.6 Å². The van der Waals surface area contributed by atoms with Crippen molar-refractivity contribution in [1.82, 2.24) is 10.2 Å². The molecular formula is C30H33ClN2O4. The average molecular weight is 521 g/mol. The van der Waals surface area contributed by atoms with Crippen LogP contribution in [0.2, 0.25) is 5.02 Å². The summed E-state index contributed by atoms with van der Waals surface area (Å²) >= 11 is 6.25. The Morgan fingerprint density at radius 3 is 2.46 bits per heavy atom. The first-order valence-electron chi connectivity index (χ1n) is 12.7. The van der Waals surface area contributed by atoms with Crippen LogP contribution in [-0.4, -0.2) is 35.6 Å². The number of benzene rings is 3. The molecule has 194 valence electrons. The minimum atomic E-state index is -0.667. The monoisotopic (exact) mass is 520 g/mol. The summed E-state index contributed by atoms with van der Waals surface area (Å²) in [7, 11) is 0. The Balaban J connectivity index is 1.60. The first-order chi connectivity index (χ1) is 17.9. The molecule has 0 aromatic heterocycles. The summed E-state index contributed by atoms with van der Waals surface area (Å²) in [6.45, 7) is 4.49. The number of fused-ring (bicyclic) bond motifs is 1. The van der Waals surface area contributed by atoms with Crippen LogP contribution in [0.15, 0.2) is 72.8 Å². The van der Waals surface area contributed by atoms with Crippen LogP contribution < -0.4 is 14.8 Å². The predicted molar refractivity (Wildman–Crippen MR) is 145 cm³/mol. The third-order valence-corrected chi connectivity index (χ3v) is 6.81. The van der Waals surface area contributed by atoms with Crippen molar-refractivity contribution in [3.05, 3.63) is 94.5 Å². The van der Waals surface area contributed by atoms with Crippen molar-refractivity contribution in [2.45, 2.75) is 58.2 Å². The molecule has 2 amide bonds. The molecule has 6 nitrogen and oxygen atoms in total. The highest BCUT2D eigenvalue weighted by Crippen LogP contribution is 2.33. The zero-order valence-electron chi connectivity index (χ0n) is 21.3. The lowest BCUT2D eigenvalue weighted by molar-refractivity contribution is -0.141. The average Bonchev–Trinajstić information content (AvgIpc) is 3.38. The Kier molecular flexibility index (Phi) is 9.07. The van der Waals surface area contributed by atoms with Gasteiger partial charge in [0.1, 0.15) is 6.04 Å². The Labute approximate surface area is 223 Å². The number of ether oxygens (including phenoxy) is 2. The number of aryl methyl sites for hydroxylation is 1. The van der Waals surface area contributed by atoms with Crippen molar-refractivity contribution in [2.24, 2.45) is 0 Å². The molecule has 0 spiro atoms. The van der Waals surface area contributed by atoms with E-state index in [1.54, 1.807) is 11.0 Å². The van der Waals surface area contributed by atoms with E-state index >= 15 is 0 Å². The van der Waals surface area contributed by atoms with Crippen LogP contribution in [-0.2, 0) is 29.0 Å². The van der Waals surface area contributed by atoms with Crippen LogP contribution in [0.5, 0.6) is 11.5 Å². The van der Waals surface area contributed by atoms with Gasteiger partial charge in [-0.25, -0.2) is 0 Å². The van der Waals surface area contributed by atoms with Gasteiger partial charge in [-0.1, -0.05) is 67.1 Å². The van der Waals surface area contributed by atoms with Gasteiger partial charge in [0, 0.05) is 30.5 Å². The number of rotatable bonds is 11. The number of amides is 2. The van der Waals surface area contributed by atoms with Crippen LogP contribution in [0.4, 0.5) is 0 Å². The molecule has 0 unspecified atom stereocenters. The molecule has 0 radical (unpaired) electrons.